The Kier molecular flexibility index (Phi) is 5.13. The zero-order valence-corrected chi connectivity index (χ0v) is 14.8. The number of nitrogens with one attached hydrogen (secondary N) is 1. The maximum absolute atomic E-state index is 12.9. The molecular weight excluding hydrogens is 355 g/mol. The van der Waals surface area contributed by atoms with Crippen molar-refractivity contribution in [1.29, 1.82) is 0 Å². The molecule has 1 aliphatic rings. The van der Waals surface area contributed by atoms with Crippen LogP contribution in [0.2, 0.25) is 10.0 Å². The third-order valence-corrected chi connectivity index (χ3v) is 5.51. The number of benzene rings is 1. The van der Waals surface area contributed by atoms with E-state index < -0.39 is 6.43 Å². The molecule has 2 heterocycles. The maximum Gasteiger partial charge on any atom is 0.282 e. The average molecular weight is 374 g/mol. The van der Waals surface area contributed by atoms with Crippen molar-refractivity contribution in [3.63, 3.8) is 0 Å². The zero-order valence-electron chi connectivity index (χ0n) is 13.3. The number of nitrogens with zero attached hydrogens (tertiary/aromatic N) is 2. The monoisotopic (exact) mass is 373 g/mol. The van der Waals surface area contributed by atoms with Gasteiger partial charge in [-0.2, -0.15) is 5.10 Å². The summed E-state index contributed by atoms with van der Waals surface area (Å²) < 4.78 is 27.6. The first kappa shape index (κ1) is 17.6. The van der Waals surface area contributed by atoms with Gasteiger partial charge in [0.05, 0.1) is 16.6 Å². The number of aromatic nitrogens is 2. The Morgan fingerprint density at radius 3 is 2.50 bits per heavy atom. The van der Waals surface area contributed by atoms with Crippen molar-refractivity contribution in [2.24, 2.45) is 0 Å². The van der Waals surface area contributed by atoms with Crippen LogP contribution < -0.4 is 5.32 Å². The van der Waals surface area contributed by atoms with Gasteiger partial charge in [0.2, 0.25) is 0 Å². The Labute approximate surface area is 149 Å². The number of hydrogen-bond acceptors (Lipinski definition) is 2. The number of halogens is 4. The van der Waals surface area contributed by atoms with Gasteiger partial charge < -0.3 is 5.32 Å². The zero-order chi connectivity index (χ0) is 17.3. The summed E-state index contributed by atoms with van der Waals surface area (Å²) in [4.78, 5) is 0. The molecule has 0 aliphatic carbocycles. The Bertz CT molecular complexity index is 725. The second-order valence-electron chi connectivity index (χ2n) is 6.33. The largest absolute Gasteiger partial charge is 0.317 e. The third kappa shape index (κ3) is 3.44. The molecule has 3 rings (SSSR count). The van der Waals surface area contributed by atoms with Crippen LogP contribution >= 0.6 is 23.2 Å². The Balaban J connectivity index is 1.98. The van der Waals surface area contributed by atoms with Gasteiger partial charge in [-0.05, 0) is 56.6 Å². The highest BCUT2D eigenvalue weighted by molar-refractivity contribution is 6.42. The van der Waals surface area contributed by atoms with E-state index in [4.69, 9.17) is 23.2 Å². The predicted molar refractivity (Wildman–Crippen MR) is 92.2 cm³/mol. The summed E-state index contributed by atoms with van der Waals surface area (Å²) >= 11 is 12.2. The van der Waals surface area contributed by atoms with Gasteiger partial charge in [-0.1, -0.05) is 29.3 Å². The summed E-state index contributed by atoms with van der Waals surface area (Å²) in [5.74, 6) is 0. The second kappa shape index (κ2) is 6.98. The first-order chi connectivity index (χ1) is 11.4. The van der Waals surface area contributed by atoms with Gasteiger partial charge in [0.1, 0.15) is 5.69 Å². The minimum atomic E-state index is -2.56. The molecule has 1 aromatic carbocycles. The lowest BCUT2D eigenvalue weighted by Gasteiger charge is -2.38. The van der Waals surface area contributed by atoms with Crippen LogP contribution in [0, 0.1) is 6.92 Å². The molecule has 0 saturated carbocycles. The van der Waals surface area contributed by atoms with Crippen LogP contribution in [0.1, 0.15) is 36.2 Å². The number of alkyl halides is 2. The van der Waals surface area contributed by atoms with E-state index in [0.717, 1.165) is 37.2 Å². The maximum atomic E-state index is 12.9. The highest BCUT2D eigenvalue weighted by Crippen LogP contribution is 2.38. The standard InChI is InChI=1S/C17H19Cl2F2N3/c1-11-8-15(16(20)21)23-24(11)10-17(4-6-22-7-5-17)12-2-3-13(18)14(19)9-12/h2-3,8-9,16,22H,4-7,10H2,1H3. The van der Waals surface area contributed by atoms with Crippen molar-refractivity contribution in [2.75, 3.05) is 13.1 Å². The summed E-state index contributed by atoms with van der Waals surface area (Å²) in [7, 11) is 0. The van der Waals surface area contributed by atoms with Gasteiger partial charge in [-0.3, -0.25) is 4.68 Å². The minimum Gasteiger partial charge on any atom is -0.317 e. The van der Waals surface area contributed by atoms with Crippen LogP contribution in [0.25, 0.3) is 0 Å². The molecule has 1 aromatic heterocycles. The number of hydrogen-bond donors (Lipinski definition) is 1. The van der Waals surface area contributed by atoms with Crippen LogP contribution in [0.4, 0.5) is 8.78 Å². The molecular formula is C17H19Cl2F2N3. The highest BCUT2D eigenvalue weighted by Gasteiger charge is 2.35. The van der Waals surface area contributed by atoms with Gasteiger partial charge in [0, 0.05) is 11.1 Å². The second-order valence-corrected chi connectivity index (χ2v) is 7.14. The van der Waals surface area contributed by atoms with E-state index in [9.17, 15) is 8.78 Å². The molecule has 0 atom stereocenters. The van der Waals surface area contributed by atoms with Gasteiger partial charge in [-0.25, -0.2) is 8.78 Å². The van der Waals surface area contributed by atoms with Gasteiger partial charge in [0.15, 0.2) is 0 Å². The van der Waals surface area contributed by atoms with Crippen molar-refractivity contribution in [3.8, 4) is 0 Å². The van der Waals surface area contributed by atoms with E-state index >= 15 is 0 Å². The fourth-order valence-corrected chi connectivity index (χ4v) is 3.66. The van der Waals surface area contributed by atoms with Crippen molar-refractivity contribution >= 4 is 23.2 Å². The molecule has 1 aliphatic heterocycles. The van der Waals surface area contributed by atoms with E-state index in [1.165, 1.54) is 6.07 Å². The Morgan fingerprint density at radius 1 is 1.21 bits per heavy atom. The smallest absolute Gasteiger partial charge is 0.282 e. The summed E-state index contributed by atoms with van der Waals surface area (Å²) in [5.41, 5.74) is 1.44. The molecule has 7 heteroatoms. The van der Waals surface area contributed by atoms with Crippen LogP contribution in [0.5, 0.6) is 0 Å². The minimum absolute atomic E-state index is 0.175. The van der Waals surface area contributed by atoms with Gasteiger partial charge in [-0.15, -0.1) is 0 Å². The van der Waals surface area contributed by atoms with Crippen LogP contribution in [0.3, 0.4) is 0 Å². The van der Waals surface area contributed by atoms with E-state index in [1.807, 2.05) is 19.1 Å². The quantitative estimate of drug-likeness (QED) is 0.837. The summed E-state index contributed by atoms with van der Waals surface area (Å²) in [6, 6.07) is 7.12. The average Bonchev–Trinajstić information content (AvgIpc) is 2.92. The molecule has 1 fully saturated rings. The summed E-state index contributed by atoms with van der Waals surface area (Å²) in [6.45, 7) is 4.08. The van der Waals surface area contributed by atoms with Crippen LogP contribution in [0.15, 0.2) is 24.3 Å². The SMILES string of the molecule is Cc1cc(C(F)F)nn1CC1(c2ccc(Cl)c(Cl)c2)CCNCC1. The molecule has 24 heavy (non-hydrogen) atoms. The van der Waals surface area contributed by atoms with E-state index in [-0.39, 0.29) is 11.1 Å². The molecule has 3 nitrogen and oxygen atoms in total. The first-order valence-corrected chi connectivity index (χ1v) is 8.66. The van der Waals surface area contributed by atoms with Crippen molar-refractivity contribution in [3.05, 3.63) is 51.3 Å². The fraction of sp³-hybridized carbons (Fsp3) is 0.471. The Hall–Kier alpha value is -1.17. The molecule has 0 bridgehead atoms. The normalized spacial score (nSPS) is 17.4. The molecule has 0 radical (unpaired) electrons. The summed E-state index contributed by atoms with van der Waals surface area (Å²) in [5, 5.41) is 8.48. The Morgan fingerprint density at radius 2 is 1.92 bits per heavy atom. The molecule has 0 spiro atoms. The fourth-order valence-electron chi connectivity index (χ4n) is 3.36. The van der Waals surface area contributed by atoms with Crippen LogP contribution in [-0.2, 0) is 12.0 Å². The van der Waals surface area contributed by atoms with E-state index in [0.29, 0.717) is 16.6 Å². The molecule has 2 aromatic rings. The lowest BCUT2D eigenvalue weighted by atomic mass is 9.73. The lowest BCUT2D eigenvalue weighted by Crippen LogP contribution is -2.43. The van der Waals surface area contributed by atoms with Gasteiger partial charge >= 0.3 is 0 Å². The summed E-state index contributed by atoms with van der Waals surface area (Å²) in [6.07, 6.45) is -0.790. The molecule has 0 unspecified atom stereocenters. The topological polar surface area (TPSA) is 29.9 Å². The van der Waals surface area contributed by atoms with Gasteiger partial charge in [0.25, 0.3) is 6.43 Å². The predicted octanol–water partition coefficient (Wildman–Crippen LogP) is 4.76. The number of rotatable bonds is 4. The highest BCUT2D eigenvalue weighted by atomic mass is 35.5. The number of piperidine rings is 1. The molecule has 0 amide bonds. The third-order valence-electron chi connectivity index (χ3n) is 4.77. The number of aryl methyl sites for hydroxylation is 1. The molecule has 1 N–H and O–H groups in total. The van der Waals surface area contributed by atoms with E-state index in [1.54, 1.807) is 10.7 Å². The van der Waals surface area contributed by atoms with Crippen molar-refractivity contribution < 1.29 is 8.78 Å². The lowest BCUT2D eigenvalue weighted by molar-refractivity contribution is 0.144. The first-order valence-electron chi connectivity index (χ1n) is 7.90. The van der Waals surface area contributed by atoms with Crippen LogP contribution in [-0.4, -0.2) is 22.9 Å². The van der Waals surface area contributed by atoms with Crippen molar-refractivity contribution in [1.82, 2.24) is 15.1 Å². The van der Waals surface area contributed by atoms with Crippen molar-refractivity contribution in [2.45, 2.75) is 38.2 Å². The van der Waals surface area contributed by atoms with E-state index in [2.05, 4.69) is 10.4 Å². The molecule has 130 valence electrons. The molecule has 1 saturated heterocycles.